The summed E-state index contributed by atoms with van der Waals surface area (Å²) >= 11 is 0. The van der Waals surface area contributed by atoms with Gasteiger partial charge >= 0.3 is 0 Å². The first-order chi connectivity index (χ1) is 9.45. The van der Waals surface area contributed by atoms with Crippen LogP contribution in [0.4, 0.5) is 5.82 Å². The Labute approximate surface area is 117 Å². The molecule has 20 heavy (non-hydrogen) atoms. The Balaban J connectivity index is 2.05. The third-order valence-corrected chi connectivity index (χ3v) is 3.34. The highest BCUT2D eigenvalue weighted by atomic mass is 15.0. The zero-order valence-electron chi connectivity index (χ0n) is 11.8. The molecule has 0 radical (unpaired) electrons. The average Bonchev–Trinajstić information content (AvgIpc) is 2.83. The Morgan fingerprint density at radius 1 is 1.05 bits per heavy atom. The molecule has 102 valence electrons. The number of anilines is 1. The topological polar surface area (TPSA) is 80.5 Å². The van der Waals surface area contributed by atoms with Gasteiger partial charge in [-0.05, 0) is 11.0 Å². The first-order valence-corrected chi connectivity index (χ1v) is 6.52. The Morgan fingerprint density at radius 2 is 1.75 bits per heavy atom. The monoisotopic (exact) mass is 267 g/mol. The smallest absolute Gasteiger partial charge is 0.163 e. The minimum Gasteiger partial charge on any atom is -0.382 e. The van der Waals surface area contributed by atoms with Crippen molar-refractivity contribution in [2.24, 2.45) is 0 Å². The quantitative estimate of drug-likeness (QED) is 0.710. The number of benzene rings is 1. The molecule has 0 aliphatic carbocycles. The van der Waals surface area contributed by atoms with Crippen LogP contribution in [0, 0.1) is 0 Å². The van der Waals surface area contributed by atoms with Crippen LogP contribution in [-0.2, 0) is 5.41 Å². The standard InChI is InChI=1S/C15H17N5/c1-15(2,3)10-6-4-9(5-7-10)13-19-11-12(16)17-8-18-14(11)20-13/h4-8H,1-3H3,(H3,16,17,18,19,20). The van der Waals surface area contributed by atoms with Gasteiger partial charge in [0.1, 0.15) is 12.2 Å². The first-order valence-electron chi connectivity index (χ1n) is 6.52. The molecule has 0 aliphatic heterocycles. The van der Waals surface area contributed by atoms with E-state index in [2.05, 4.69) is 65.0 Å². The molecule has 2 heterocycles. The van der Waals surface area contributed by atoms with Crippen LogP contribution in [0.5, 0.6) is 0 Å². The lowest BCUT2D eigenvalue weighted by atomic mass is 9.87. The maximum Gasteiger partial charge on any atom is 0.163 e. The number of rotatable bonds is 1. The number of aromatic nitrogens is 4. The van der Waals surface area contributed by atoms with Gasteiger partial charge in [-0.1, -0.05) is 45.0 Å². The maximum absolute atomic E-state index is 5.80. The van der Waals surface area contributed by atoms with Crippen molar-refractivity contribution in [2.75, 3.05) is 5.73 Å². The third kappa shape index (κ3) is 2.11. The molecule has 0 saturated heterocycles. The van der Waals surface area contributed by atoms with Crippen molar-refractivity contribution in [3.05, 3.63) is 36.2 Å². The lowest BCUT2D eigenvalue weighted by Crippen LogP contribution is -2.10. The van der Waals surface area contributed by atoms with Gasteiger partial charge in [-0.3, -0.25) is 0 Å². The molecule has 0 unspecified atom stereocenters. The van der Waals surface area contributed by atoms with Gasteiger partial charge in [-0.25, -0.2) is 15.0 Å². The van der Waals surface area contributed by atoms with Crippen molar-refractivity contribution >= 4 is 17.0 Å². The van der Waals surface area contributed by atoms with Gasteiger partial charge in [0.15, 0.2) is 17.0 Å². The zero-order chi connectivity index (χ0) is 14.3. The van der Waals surface area contributed by atoms with Gasteiger partial charge in [0, 0.05) is 5.56 Å². The molecule has 3 N–H and O–H groups in total. The summed E-state index contributed by atoms with van der Waals surface area (Å²) in [4.78, 5) is 15.7. The molecule has 0 fully saturated rings. The lowest BCUT2D eigenvalue weighted by molar-refractivity contribution is 0.590. The summed E-state index contributed by atoms with van der Waals surface area (Å²) in [5.41, 5.74) is 9.51. The Bertz CT molecular complexity index is 750. The van der Waals surface area contributed by atoms with Crippen molar-refractivity contribution in [2.45, 2.75) is 26.2 Å². The summed E-state index contributed by atoms with van der Waals surface area (Å²) in [5.74, 6) is 1.15. The summed E-state index contributed by atoms with van der Waals surface area (Å²) in [6.07, 6.45) is 1.43. The molecule has 0 spiro atoms. The highest BCUT2D eigenvalue weighted by Crippen LogP contribution is 2.26. The number of nitrogens with two attached hydrogens (primary N) is 1. The van der Waals surface area contributed by atoms with E-state index in [4.69, 9.17) is 5.73 Å². The molecule has 5 heteroatoms. The molecule has 0 amide bonds. The largest absolute Gasteiger partial charge is 0.382 e. The van der Waals surface area contributed by atoms with Gasteiger partial charge in [-0.15, -0.1) is 0 Å². The number of H-pyrrole nitrogens is 1. The number of nitrogens with one attached hydrogen (secondary N) is 1. The van der Waals surface area contributed by atoms with Crippen LogP contribution in [0.2, 0.25) is 0 Å². The number of hydrogen-bond donors (Lipinski definition) is 2. The summed E-state index contributed by atoms with van der Waals surface area (Å²) < 4.78 is 0. The van der Waals surface area contributed by atoms with Crippen LogP contribution in [0.15, 0.2) is 30.6 Å². The minimum atomic E-state index is 0.141. The van der Waals surface area contributed by atoms with Crippen molar-refractivity contribution in [3.63, 3.8) is 0 Å². The predicted molar refractivity (Wildman–Crippen MR) is 80.2 cm³/mol. The fourth-order valence-electron chi connectivity index (χ4n) is 2.11. The van der Waals surface area contributed by atoms with E-state index in [0.29, 0.717) is 17.0 Å². The van der Waals surface area contributed by atoms with Gasteiger partial charge in [0.2, 0.25) is 0 Å². The molecule has 0 aliphatic rings. The van der Waals surface area contributed by atoms with E-state index in [1.165, 1.54) is 11.9 Å². The fourth-order valence-corrected chi connectivity index (χ4v) is 2.11. The van der Waals surface area contributed by atoms with Gasteiger partial charge < -0.3 is 10.7 Å². The highest BCUT2D eigenvalue weighted by molar-refractivity contribution is 5.84. The Hall–Kier alpha value is -2.43. The second-order valence-electron chi connectivity index (χ2n) is 5.87. The van der Waals surface area contributed by atoms with Crippen LogP contribution in [0.1, 0.15) is 26.3 Å². The second-order valence-corrected chi connectivity index (χ2v) is 5.87. The summed E-state index contributed by atoms with van der Waals surface area (Å²) in [6.45, 7) is 6.58. The van der Waals surface area contributed by atoms with Gasteiger partial charge in [0.05, 0.1) is 0 Å². The Kier molecular flexibility index (Phi) is 2.71. The van der Waals surface area contributed by atoms with Crippen LogP contribution < -0.4 is 5.73 Å². The number of imidazole rings is 1. The van der Waals surface area contributed by atoms with E-state index in [1.54, 1.807) is 0 Å². The zero-order valence-corrected chi connectivity index (χ0v) is 11.8. The number of aromatic amines is 1. The third-order valence-electron chi connectivity index (χ3n) is 3.34. The number of hydrogen-bond acceptors (Lipinski definition) is 4. The average molecular weight is 267 g/mol. The number of nitrogens with zero attached hydrogens (tertiary/aromatic N) is 3. The first kappa shape index (κ1) is 12.6. The van der Waals surface area contributed by atoms with E-state index in [9.17, 15) is 0 Å². The van der Waals surface area contributed by atoms with E-state index in [-0.39, 0.29) is 5.41 Å². The number of fused-ring (bicyclic) bond motifs is 1. The van der Waals surface area contributed by atoms with Crippen LogP contribution >= 0.6 is 0 Å². The highest BCUT2D eigenvalue weighted by Gasteiger charge is 2.14. The summed E-state index contributed by atoms with van der Waals surface area (Å²) in [5, 5.41) is 0. The van der Waals surface area contributed by atoms with E-state index in [1.807, 2.05) is 0 Å². The molecular formula is C15H17N5. The molecule has 3 aromatic rings. The van der Waals surface area contributed by atoms with Gasteiger partial charge in [0.25, 0.3) is 0 Å². The molecule has 5 nitrogen and oxygen atoms in total. The predicted octanol–water partition coefficient (Wildman–Crippen LogP) is 2.90. The molecule has 1 aromatic carbocycles. The summed E-state index contributed by atoms with van der Waals surface area (Å²) in [7, 11) is 0. The van der Waals surface area contributed by atoms with Gasteiger partial charge in [-0.2, -0.15) is 0 Å². The van der Waals surface area contributed by atoms with Crippen LogP contribution in [-0.4, -0.2) is 19.9 Å². The second kappa shape index (κ2) is 4.30. The lowest BCUT2D eigenvalue weighted by Gasteiger charge is -2.18. The van der Waals surface area contributed by atoms with Crippen molar-refractivity contribution < 1.29 is 0 Å². The molecule has 2 aromatic heterocycles. The molecular weight excluding hydrogens is 250 g/mol. The van der Waals surface area contributed by atoms with E-state index < -0.39 is 0 Å². The normalized spacial score (nSPS) is 11.9. The molecule has 0 atom stereocenters. The molecule has 3 rings (SSSR count). The van der Waals surface area contributed by atoms with Crippen LogP contribution in [0.3, 0.4) is 0 Å². The van der Waals surface area contributed by atoms with Crippen molar-refractivity contribution in [1.29, 1.82) is 0 Å². The SMILES string of the molecule is CC(C)(C)c1ccc(-c2nc3c(N)ncnc3[nH]2)cc1. The maximum atomic E-state index is 5.80. The molecule has 0 saturated carbocycles. The van der Waals surface area contributed by atoms with Crippen LogP contribution in [0.25, 0.3) is 22.6 Å². The fraction of sp³-hybridized carbons (Fsp3) is 0.267. The van der Waals surface area contributed by atoms with Crippen molar-refractivity contribution in [1.82, 2.24) is 19.9 Å². The minimum absolute atomic E-state index is 0.141. The van der Waals surface area contributed by atoms with E-state index in [0.717, 1.165) is 11.4 Å². The Morgan fingerprint density at radius 3 is 2.35 bits per heavy atom. The van der Waals surface area contributed by atoms with Crippen molar-refractivity contribution in [3.8, 4) is 11.4 Å². The number of nitrogen functional groups attached to an aromatic ring is 1. The van der Waals surface area contributed by atoms with E-state index >= 15 is 0 Å². The molecule has 0 bridgehead atoms. The summed E-state index contributed by atoms with van der Waals surface area (Å²) in [6, 6.07) is 8.36.